The van der Waals surface area contributed by atoms with Gasteiger partial charge in [-0.1, -0.05) is 84.7 Å². The van der Waals surface area contributed by atoms with Gasteiger partial charge in [0.05, 0.1) is 5.88 Å². The minimum atomic E-state index is -1.16. The largest absolute Gasteiger partial charge is 0.377 e. The van der Waals surface area contributed by atoms with Crippen LogP contribution in [-0.4, -0.2) is 16.6 Å². The highest BCUT2D eigenvalue weighted by Gasteiger charge is 2.15. The zero-order chi connectivity index (χ0) is 16.5. The number of allylic oxidation sites excluding steroid dienone is 1. The SMILES string of the molecule is CC(O)(C#CC(C/C=C/c1ccccc1)c1ccccc1)CCl. The van der Waals surface area contributed by atoms with Crippen LogP contribution in [0.15, 0.2) is 66.7 Å². The second-order valence-corrected chi connectivity index (χ2v) is 5.96. The summed E-state index contributed by atoms with van der Waals surface area (Å²) in [5, 5.41) is 10.00. The van der Waals surface area contributed by atoms with Crippen molar-refractivity contribution in [3.8, 4) is 11.8 Å². The molecule has 0 bridgehead atoms. The molecule has 118 valence electrons. The summed E-state index contributed by atoms with van der Waals surface area (Å²) in [4.78, 5) is 0. The molecular formula is C21H21ClO. The first-order valence-electron chi connectivity index (χ1n) is 7.68. The summed E-state index contributed by atoms with van der Waals surface area (Å²) < 4.78 is 0. The summed E-state index contributed by atoms with van der Waals surface area (Å²) in [5.74, 6) is 6.21. The third-order valence-electron chi connectivity index (χ3n) is 3.46. The highest BCUT2D eigenvalue weighted by atomic mass is 35.5. The van der Waals surface area contributed by atoms with Crippen LogP contribution >= 0.6 is 11.6 Å². The maximum atomic E-state index is 10.00. The molecule has 0 aliphatic rings. The van der Waals surface area contributed by atoms with Crippen molar-refractivity contribution in [1.82, 2.24) is 0 Å². The number of hydrogen-bond donors (Lipinski definition) is 1. The average Bonchev–Trinajstić information content (AvgIpc) is 2.59. The molecule has 2 aromatic rings. The number of aliphatic hydroxyl groups is 1. The standard InChI is InChI=1S/C21H21ClO/c1-21(23,17-22)16-15-20(19-12-6-3-7-13-19)14-8-11-18-9-4-2-5-10-18/h2-13,20,23H,14,17H2,1H3/b11-8+. The molecule has 0 fully saturated rings. The van der Waals surface area contributed by atoms with Gasteiger partial charge in [0.1, 0.15) is 5.60 Å². The maximum absolute atomic E-state index is 10.00. The normalized spacial score (nSPS) is 14.7. The summed E-state index contributed by atoms with van der Waals surface area (Å²) in [6, 6.07) is 20.3. The van der Waals surface area contributed by atoms with Crippen LogP contribution in [0.1, 0.15) is 30.4 Å². The summed E-state index contributed by atoms with van der Waals surface area (Å²) in [5.41, 5.74) is 1.15. The van der Waals surface area contributed by atoms with E-state index in [-0.39, 0.29) is 11.8 Å². The van der Waals surface area contributed by atoms with E-state index in [9.17, 15) is 5.11 Å². The lowest BCUT2D eigenvalue weighted by Crippen LogP contribution is -2.23. The van der Waals surface area contributed by atoms with Crippen molar-refractivity contribution < 1.29 is 5.11 Å². The van der Waals surface area contributed by atoms with Crippen LogP contribution in [0.5, 0.6) is 0 Å². The molecular weight excluding hydrogens is 304 g/mol. The number of benzene rings is 2. The first-order chi connectivity index (χ1) is 11.1. The van der Waals surface area contributed by atoms with Crippen LogP contribution in [-0.2, 0) is 0 Å². The lowest BCUT2D eigenvalue weighted by molar-refractivity contribution is 0.147. The molecule has 1 nitrogen and oxygen atoms in total. The Morgan fingerprint density at radius 3 is 2.30 bits per heavy atom. The quantitative estimate of drug-likeness (QED) is 0.614. The molecule has 23 heavy (non-hydrogen) atoms. The predicted molar refractivity (Wildman–Crippen MR) is 98.4 cm³/mol. The van der Waals surface area contributed by atoms with E-state index in [2.05, 4.69) is 48.3 Å². The van der Waals surface area contributed by atoms with Gasteiger partial charge >= 0.3 is 0 Å². The molecule has 2 unspecified atom stereocenters. The van der Waals surface area contributed by atoms with Gasteiger partial charge in [-0.25, -0.2) is 0 Å². The van der Waals surface area contributed by atoms with Gasteiger partial charge in [-0.3, -0.25) is 0 Å². The Labute approximate surface area is 143 Å². The van der Waals surface area contributed by atoms with Crippen molar-refractivity contribution >= 4 is 17.7 Å². The van der Waals surface area contributed by atoms with Crippen LogP contribution in [0, 0.1) is 11.8 Å². The van der Waals surface area contributed by atoms with Crippen LogP contribution < -0.4 is 0 Å². The Morgan fingerprint density at radius 2 is 1.70 bits per heavy atom. The number of rotatable bonds is 5. The van der Waals surface area contributed by atoms with Crippen molar-refractivity contribution in [3.05, 3.63) is 77.9 Å². The van der Waals surface area contributed by atoms with E-state index < -0.39 is 5.60 Å². The molecule has 0 aromatic heterocycles. The van der Waals surface area contributed by atoms with E-state index >= 15 is 0 Å². The summed E-state index contributed by atoms with van der Waals surface area (Å²) in [6.45, 7) is 1.63. The fraction of sp³-hybridized carbons (Fsp3) is 0.238. The van der Waals surface area contributed by atoms with E-state index in [0.717, 1.165) is 12.0 Å². The maximum Gasteiger partial charge on any atom is 0.136 e. The molecule has 0 spiro atoms. The average molecular weight is 325 g/mol. The van der Waals surface area contributed by atoms with Crippen molar-refractivity contribution in [2.45, 2.75) is 24.9 Å². The van der Waals surface area contributed by atoms with E-state index in [4.69, 9.17) is 11.6 Å². The van der Waals surface area contributed by atoms with Gasteiger partial charge < -0.3 is 5.11 Å². The molecule has 0 heterocycles. The van der Waals surface area contributed by atoms with Crippen molar-refractivity contribution in [2.24, 2.45) is 0 Å². The van der Waals surface area contributed by atoms with Gasteiger partial charge in [0, 0.05) is 5.92 Å². The molecule has 0 amide bonds. The zero-order valence-electron chi connectivity index (χ0n) is 13.2. The number of alkyl halides is 1. The Morgan fingerprint density at radius 1 is 1.09 bits per heavy atom. The van der Waals surface area contributed by atoms with E-state index in [0.29, 0.717) is 0 Å². The van der Waals surface area contributed by atoms with Gasteiger partial charge in [-0.15, -0.1) is 11.6 Å². The zero-order valence-corrected chi connectivity index (χ0v) is 14.0. The molecule has 0 aliphatic carbocycles. The van der Waals surface area contributed by atoms with Gasteiger partial charge in [-0.05, 0) is 24.5 Å². The fourth-order valence-electron chi connectivity index (χ4n) is 2.14. The minimum Gasteiger partial charge on any atom is -0.377 e. The summed E-state index contributed by atoms with van der Waals surface area (Å²) in [6.07, 6.45) is 5.00. The molecule has 2 rings (SSSR count). The van der Waals surface area contributed by atoms with Crippen LogP contribution in [0.4, 0.5) is 0 Å². The first kappa shape index (κ1) is 17.3. The van der Waals surface area contributed by atoms with Crippen LogP contribution in [0.25, 0.3) is 6.08 Å². The highest BCUT2D eigenvalue weighted by molar-refractivity contribution is 6.18. The Bertz CT molecular complexity index is 678. The number of hydrogen-bond acceptors (Lipinski definition) is 1. The van der Waals surface area contributed by atoms with E-state index in [1.54, 1.807) is 6.92 Å². The third-order valence-corrected chi connectivity index (χ3v) is 3.98. The van der Waals surface area contributed by atoms with Crippen molar-refractivity contribution in [1.29, 1.82) is 0 Å². The lowest BCUT2D eigenvalue weighted by Gasteiger charge is -2.13. The Kier molecular flexibility index (Phi) is 6.47. The van der Waals surface area contributed by atoms with Crippen molar-refractivity contribution in [2.75, 3.05) is 5.88 Å². The third kappa shape index (κ3) is 5.94. The summed E-state index contributed by atoms with van der Waals surface area (Å²) in [7, 11) is 0. The molecule has 0 saturated heterocycles. The molecule has 2 aromatic carbocycles. The molecule has 0 saturated carbocycles. The van der Waals surface area contributed by atoms with Gasteiger partial charge in [0.25, 0.3) is 0 Å². The molecule has 1 N–H and O–H groups in total. The Hall–Kier alpha value is -2.01. The van der Waals surface area contributed by atoms with Crippen molar-refractivity contribution in [3.63, 3.8) is 0 Å². The number of halogens is 1. The topological polar surface area (TPSA) is 20.2 Å². The van der Waals surface area contributed by atoms with Gasteiger partial charge in [-0.2, -0.15) is 0 Å². The fourth-order valence-corrected chi connectivity index (χ4v) is 2.21. The second kappa shape index (κ2) is 8.58. The van der Waals surface area contributed by atoms with E-state index in [1.807, 2.05) is 36.4 Å². The molecule has 0 aliphatic heterocycles. The first-order valence-corrected chi connectivity index (χ1v) is 8.22. The predicted octanol–water partition coefficient (Wildman–Crippen LogP) is 4.87. The molecule has 2 atom stereocenters. The molecule has 0 radical (unpaired) electrons. The smallest absolute Gasteiger partial charge is 0.136 e. The lowest BCUT2D eigenvalue weighted by atomic mass is 9.94. The Balaban J connectivity index is 2.16. The van der Waals surface area contributed by atoms with Crippen LogP contribution in [0.2, 0.25) is 0 Å². The molecule has 2 heteroatoms. The minimum absolute atomic E-state index is 0.0332. The second-order valence-electron chi connectivity index (χ2n) is 5.69. The van der Waals surface area contributed by atoms with Gasteiger partial charge in [0.15, 0.2) is 0 Å². The van der Waals surface area contributed by atoms with E-state index in [1.165, 1.54) is 5.56 Å². The summed E-state index contributed by atoms with van der Waals surface area (Å²) >= 11 is 5.74. The van der Waals surface area contributed by atoms with Gasteiger partial charge in [0.2, 0.25) is 0 Å². The highest BCUT2D eigenvalue weighted by Crippen LogP contribution is 2.20. The monoisotopic (exact) mass is 324 g/mol. The van der Waals surface area contributed by atoms with Crippen LogP contribution in [0.3, 0.4) is 0 Å².